The maximum Gasteiger partial charge on any atom is 0.339 e. The molecule has 0 saturated heterocycles. The van der Waals surface area contributed by atoms with E-state index in [0.29, 0.717) is 0 Å². The largest absolute Gasteiger partial charge is 0.379 e. The number of rotatable bonds is 5. The molecule has 0 bridgehead atoms. The first kappa shape index (κ1) is 16.9. The SMILES string of the molecule is CNS(=O)(=O)c1ccc(S(=O)(=O)Oc2ccc3c(c2)CCC3)cc1. The molecule has 1 aliphatic rings. The zero-order valence-corrected chi connectivity index (χ0v) is 14.7. The fourth-order valence-corrected chi connectivity index (χ4v) is 4.33. The van der Waals surface area contributed by atoms with Crippen LogP contribution in [-0.2, 0) is 33.0 Å². The zero-order chi connectivity index (χ0) is 17.4. The standard InChI is InChI=1S/C16H17NO5S2/c1-17-23(18,19)15-7-9-16(10-8-15)24(20,21)22-14-6-5-12-3-2-4-13(12)11-14/h5-11,17H,2-4H2,1H3. The molecule has 0 heterocycles. The molecule has 3 rings (SSSR count). The number of benzene rings is 2. The molecule has 0 radical (unpaired) electrons. The van der Waals surface area contributed by atoms with E-state index < -0.39 is 20.1 Å². The van der Waals surface area contributed by atoms with Gasteiger partial charge in [-0.15, -0.1) is 0 Å². The zero-order valence-electron chi connectivity index (χ0n) is 13.0. The molecule has 2 aromatic carbocycles. The number of hydrogen-bond acceptors (Lipinski definition) is 5. The third-order valence-corrected chi connectivity index (χ3v) is 6.66. The minimum atomic E-state index is -4.01. The Labute approximate surface area is 141 Å². The van der Waals surface area contributed by atoms with Crippen molar-refractivity contribution >= 4 is 20.1 Å². The maximum absolute atomic E-state index is 12.3. The van der Waals surface area contributed by atoms with Crippen LogP contribution in [-0.4, -0.2) is 23.9 Å². The van der Waals surface area contributed by atoms with Crippen LogP contribution >= 0.6 is 0 Å². The highest BCUT2D eigenvalue weighted by atomic mass is 32.2. The summed E-state index contributed by atoms with van der Waals surface area (Å²) in [6.45, 7) is 0. The fourth-order valence-electron chi connectivity index (χ4n) is 2.68. The van der Waals surface area contributed by atoms with Crippen LogP contribution in [0.2, 0.25) is 0 Å². The Kier molecular flexibility index (Phi) is 4.37. The highest BCUT2D eigenvalue weighted by molar-refractivity contribution is 7.89. The highest BCUT2D eigenvalue weighted by Crippen LogP contribution is 2.28. The second-order valence-corrected chi connectivity index (χ2v) is 8.93. The van der Waals surface area contributed by atoms with E-state index in [4.69, 9.17) is 4.18 Å². The van der Waals surface area contributed by atoms with Crippen LogP contribution in [0.25, 0.3) is 0 Å². The Morgan fingerprint density at radius 3 is 2.17 bits per heavy atom. The van der Waals surface area contributed by atoms with E-state index in [1.54, 1.807) is 12.1 Å². The van der Waals surface area contributed by atoms with E-state index >= 15 is 0 Å². The summed E-state index contributed by atoms with van der Waals surface area (Å²) in [5.41, 5.74) is 2.33. The minimum Gasteiger partial charge on any atom is -0.379 e. The molecule has 128 valence electrons. The van der Waals surface area contributed by atoms with Crippen LogP contribution in [0.15, 0.2) is 52.3 Å². The molecule has 0 amide bonds. The van der Waals surface area contributed by atoms with Gasteiger partial charge < -0.3 is 4.18 Å². The second-order valence-electron chi connectivity index (χ2n) is 5.50. The molecule has 6 nitrogen and oxygen atoms in total. The topological polar surface area (TPSA) is 89.5 Å². The van der Waals surface area contributed by atoms with E-state index in [0.717, 1.165) is 24.8 Å². The molecule has 1 N–H and O–H groups in total. The van der Waals surface area contributed by atoms with Gasteiger partial charge in [-0.05, 0) is 73.8 Å². The molecular formula is C16H17NO5S2. The lowest BCUT2D eigenvalue weighted by Gasteiger charge is -2.09. The number of nitrogens with one attached hydrogen (secondary N) is 1. The molecule has 8 heteroatoms. The lowest BCUT2D eigenvalue weighted by atomic mass is 10.1. The van der Waals surface area contributed by atoms with Crippen LogP contribution in [0.3, 0.4) is 0 Å². The van der Waals surface area contributed by atoms with Crippen LogP contribution in [0.4, 0.5) is 0 Å². The predicted octanol–water partition coefficient (Wildman–Crippen LogP) is 1.85. The Morgan fingerprint density at radius 1 is 0.875 bits per heavy atom. The third-order valence-electron chi connectivity index (χ3n) is 3.97. The average molecular weight is 367 g/mol. The van der Waals surface area contributed by atoms with Crippen LogP contribution in [0.1, 0.15) is 17.5 Å². The van der Waals surface area contributed by atoms with Crippen molar-refractivity contribution in [3.8, 4) is 5.75 Å². The molecule has 0 aromatic heterocycles. The van der Waals surface area contributed by atoms with Crippen molar-refractivity contribution in [1.29, 1.82) is 0 Å². The van der Waals surface area contributed by atoms with Gasteiger partial charge in [-0.25, -0.2) is 13.1 Å². The van der Waals surface area contributed by atoms with E-state index in [1.165, 1.54) is 36.9 Å². The molecule has 2 aromatic rings. The Bertz CT molecular complexity index is 964. The molecule has 0 saturated carbocycles. The van der Waals surface area contributed by atoms with Gasteiger partial charge in [0.15, 0.2) is 0 Å². The lowest BCUT2D eigenvalue weighted by molar-refractivity contribution is 0.485. The van der Waals surface area contributed by atoms with E-state index in [9.17, 15) is 16.8 Å². The summed E-state index contributed by atoms with van der Waals surface area (Å²) in [5, 5.41) is 0. The Hall–Kier alpha value is -1.90. The van der Waals surface area contributed by atoms with Gasteiger partial charge in [0.25, 0.3) is 0 Å². The number of fused-ring (bicyclic) bond motifs is 1. The summed E-state index contributed by atoms with van der Waals surface area (Å²) in [6, 6.07) is 10.2. The summed E-state index contributed by atoms with van der Waals surface area (Å²) >= 11 is 0. The van der Waals surface area contributed by atoms with Gasteiger partial charge >= 0.3 is 10.1 Å². The van der Waals surface area contributed by atoms with E-state index in [-0.39, 0.29) is 15.5 Å². The maximum atomic E-state index is 12.3. The highest BCUT2D eigenvalue weighted by Gasteiger charge is 2.20. The van der Waals surface area contributed by atoms with Crippen molar-refractivity contribution in [1.82, 2.24) is 4.72 Å². The van der Waals surface area contributed by atoms with Gasteiger partial charge in [0, 0.05) is 0 Å². The molecule has 0 atom stereocenters. The molecular weight excluding hydrogens is 350 g/mol. The molecule has 0 unspecified atom stereocenters. The normalized spacial score (nSPS) is 14.4. The fraction of sp³-hybridized carbons (Fsp3) is 0.250. The van der Waals surface area contributed by atoms with Crippen molar-refractivity contribution < 1.29 is 21.0 Å². The Morgan fingerprint density at radius 2 is 1.50 bits per heavy atom. The van der Waals surface area contributed by atoms with Gasteiger partial charge in [0.1, 0.15) is 10.6 Å². The molecule has 0 spiro atoms. The molecule has 0 aliphatic heterocycles. The van der Waals surface area contributed by atoms with Crippen molar-refractivity contribution in [2.24, 2.45) is 0 Å². The summed E-state index contributed by atoms with van der Waals surface area (Å²) in [7, 11) is -6.34. The number of sulfonamides is 1. The summed E-state index contributed by atoms with van der Waals surface area (Å²) in [5.74, 6) is 0.266. The predicted molar refractivity (Wildman–Crippen MR) is 89.0 cm³/mol. The first-order chi connectivity index (χ1) is 11.3. The molecule has 0 fully saturated rings. The summed E-state index contributed by atoms with van der Waals surface area (Å²) in [4.78, 5) is -0.112. The first-order valence-corrected chi connectivity index (χ1v) is 10.3. The van der Waals surface area contributed by atoms with Gasteiger partial charge in [-0.3, -0.25) is 0 Å². The van der Waals surface area contributed by atoms with Crippen LogP contribution in [0.5, 0.6) is 5.75 Å². The quantitative estimate of drug-likeness (QED) is 0.815. The van der Waals surface area contributed by atoms with E-state index in [1.807, 2.05) is 6.07 Å². The van der Waals surface area contributed by atoms with Gasteiger partial charge in [0.05, 0.1) is 4.90 Å². The van der Waals surface area contributed by atoms with Crippen molar-refractivity contribution in [3.05, 3.63) is 53.6 Å². The molecule has 1 aliphatic carbocycles. The monoisotopic (exact) mass is 367 g/mol. The number of hydrogen-bond donors (Lipinski definition) is 1. The van der Waals surface area contributed by atoms with Crippen molar-refractivity contribution in [2.75, 3.05) is 7.05 Å². The minimum absolute atomic E-state index is 0.0125. The number of aryl methyl sites for hydroxylation is 2. The average Bonchev–Trinajstić information content (AvgIpc) is 3.02. The summed E-state index contributed by atoms with van der Waals surface area (Å²) in [6.07, 6.45) is 2.99. The summed E-state index contributed by atoms with van der Waals surface area (Å²) < 4.78 is 55.4. The Balaban J connectivity index is 1.85. The van der Waals surface area contributed by atoms with Gasteiger partial charge in [-0.1, -0.05) is 6.07 Å². The third kappa shape index (κ3) is 3.31. The van der Waals surface area contributed by atoms with Crippen molar-refractivity contribution in [3.63, 3.8) is 0 Å². The van der Waals surface area contributed by atoms with Crippen LogP contribution in [0, 0.1) is 0 Å². The smallest absolute Gasteiger partial charge is 0.339 e. The van der Waals surface area contributed by atoms with Crippen molar-refractivity contribution in [2.45, 2.75) is 29.1 Å². The molecule has 24 heavy (non-hydrogen) atoms. The van der Waals surface area contributed by atoms with Gasteiger partial charge in [-0.2, -0.15) is 8.42 Å². The lowest BCUT2D eigenvalue weighted by Crippen LogP contribution is -2.18. The first-order valence-electron chi connectivity index (χ1n) is 7.42. The van der Waals surface area contributed by atoms with Gasteiger partial charge in [0.2, 0.25) is 10.0 Å². The second kappa shape index (κ2) is 6.19. The van der Waals surface area contributed by atoms with E-state index in [2.05, 4.69) is 4.72 Å². The van der Waals surface area contributed by atoms with Crippen LogP contribution < -0.4 is 8.91 Å².